The number of carbonyl (C=O) groups is 2. The van der Waals surface area contributed by atoms with Gasteiger partial charge in [-0.15, -0.1) is 0 Å². The number of rotatable bonds is 4. The first-order valence-corrected chi connectivity index (χ1v) is 4.41. The minimum absolute atomic E-state index is 0.108. The van der Waals surface area contributed by atoms with E-state index >= 15 is 0 Å². The normalized spacial score (nSPS) is 9.56. The van der Waals surface area contributed by atoms with Crippen molar-refractivity contribution in [3.05, 3.63) is 39.9 Å². The van der Waals surface area contributed by atoms with Crippen molar-refractivity contribution in [1.29, 1.82) is 0 Å². The summed E-state index contributed by atoms with van der Waals surface area (Å²) in [5.74, 6) is -0.944. The maximum absolute atomic E-state index is 11.3. The molecule has 0 aromatic heterocycles. The van der Waals surface area contributed by atoms with Crippen molar-refractivity contribution in [3.8, 4) is 0 Å². The highest BCUT2D eigenvalue weighted by atomic mass is 16.6. The minimum atomic E-state index is -0.676. The first-order chi connectivity index (χ1) is 7.50. The lowest BCUT2D eigenvalue weighted by Crippen LogP contribution is -2.11. The number of esters is 1. The number of nitrogens with zero attached hydrogens (tertiary/aromatic N) is 1. The molecule has 6 heteroatoms. The summed E-state index contributed by atoms with van der Waals surface area (Å²) in [4.78, 5) is 31.6. The second kappa shape index (κ2) is 5.01. The van der Waals surface area contributed by atoms with Gasteiger partial charge in [0.05, 0.1) is 10.5 Å². The molecule has 0 atom stereocenters. The molecule has 1 aromatic rings. The van der Waals surface area contributed by atoms with Gasteiger partial charge in [0.15, 0.2) is 5.78 Å². The van der Waals surface area contributed by atoms with Gasteiger partial charge in [0.1, 0.15) is 6.61 Å². The second-order valence-electron chi connectivity index (χ2n) is 3.08. The fraction of sp³-hybridized carbons (Fsp3) is 0.200. The summed E-state index contributed by atoms with van der Waals surface area (Å²) in [6.07, 6.45) is 0. The number of carbonyl (C=O) groups excluding carboxylic acids is 2. The van der Waals surface area contributed by atoms with Crippen LogP contribution in [0.2, 0.25) is 0 Å². The van der Waals surface area contributed by atoms with E-state index in [4.69, 9.17) is 0 Å². The van der Waals surface area contributed by atoms with Gasteiger partial charge in [-0.2, -0.15) is 0 Å². The fourth-order valence-corrected chi connectivity index (χ4v) is 0.970. The predicted octanol–water partition coefficient (Wildman–Crippen LogP) is 1.34. The molecular weight excluding hydrogens is 214 g/mol. The van der Waals surface area contributed by atoms with Crippen molar-refractivity contribution in [2.24, 2.45) is 0 Å². The molecule has 0 bridgehead atoms. The van der Waals surface area contributed by atoms with Crippen molar-refractivity contribution in [3.63, 3.8) is 0 Å². The van der Waals surface area contributed by atoms with Crippen molar-refractivity contribution in [1.82, 2.24) is 0 Å². The van der Waals surface area contributed by atoms with Crippen LogP contribution in [0, 0.1) is 10.1 Å². The standard InChI is InChI=1S/C10H9NO5/c1-7(12)6-16-10(13)8-2-4-9(5-3-8)11(14)15/h2-5H,6H2,1H3. The summed E-state index contributed by atoms with van der Waals surface area (Å²) in [6, 6.07) is 4.95. The third-order valence-corrected chi connectivity index (χ3v) is 1.72. The van der Waals surface area contributed by atoms with E-state index in [1.54, 1.807) is 0 Å². The summed E-state index contributed by atoms with van der Waals surface area (Å²) in [6.45, 7) is 0.999. The Balaban J connectivity index is 2.70. The van der Waals surface area contributed by atoms with Crippen LogP contribution in [0.1, 0.15) is 17.3 Å². The van der Waals surface area contributed by atoms with Gasteiger partial charge in [-0.1, -0.05) is 0 Å². The van der Waals surface area contributed by atoms with Gasteiger partial charge in [-0.05, 0) is 19.1 Å². The zero-order valence-corrected chi connectivity index (χ0v) is 8.50. The summed E-state index contributed by atoms with van der Waals surface area (Å²) in [5, 5.41) is 10.3. The molecule has 0 saturated heterocycles. The highest BCUT2D eigenvalue weighted by Gasteiger charge is 2.10. The van der Waals surface area contributed by atoms with Gasteiger partial charge < -0.3 is 4.74 Å². The Bertz CT molecular complexity index is 423. The lowest BCUT2D eigenvalue weighted by Gasteiger charge is -2.01. The molecular formula is C10H9NO5. The van der Waals surface area contributed by atoms with Crippen LogP contribution in [-0.4, -0.2) is 23.3 Å². The van der Waals surface area contributed by atoms with Gasteiger partial charge in [-0.3, -0.25) is 14.9 Å². The van der Waals surface area contributed by atoms with Crippen LogP contribution < -0.4 is 0 Å². The summed E-state index contributed by atoms with van der Waals surface area (Å²) < 4.78 is 4.63. The van der Waals surface area contributed by atoms with Crippen LogP contribution in [-0.2, 0) is 9.53 Å². The highest BCUT2D eigenvalue weighted by Crippen LogP contribution is 2.12. The van der Waals surface area contributed by atoms with Gasteiger partial charge in [0.25, 0.3) is 5.69 Å². The molecule has 84 valence electrons. The Morgan fingerprint density at radius 1 is 1.31 bits per heavy atom. The Morgan fingerprint density at radius 3 is 2.31 bits per heavy atom. The van der Waals surface area contributed by atoms with E-state index in [9.17, 15) is 19.7 Å². The SMILES string of the molecule is CC(=O)COC(=O)c1ccc([N+](=O)[O-])cc1. The lowest BCUT2D eigenvalue weighted by atomic mass is 10.2. The van der Waals surface area contributed by atoms with Crippen LogP contribution in [0.3, 0.4) is 0 Å². The zero-order valence-electron chi connectivity index (χ0n) is 8.50. The van der Waals surface area contributed by atoms with E-state index in [0.29, 0.717) is 0 Å². The van der Waals surface area contributed by atoms with Crippen molar-refractivity contribution in [2.45, 2.75) is 6.92 Å². The van der Waals surface area contributed by atoms with Gasteiger partial charge in [0.2, 0.25) is 0 Å². The van der Waals surface area contributed by atoms with Crippen molar-refractivity contribution < 1.29 is 19.2 Å². The van der Waals surface area contributed by atoms with E-state index in [2.05, 4.69) is 4.74 Å². The van der Waals surface area contributed by atoms with E-state index in [0.717, 1.165) is 0 Å². The average Bonchev–Trinajstić information content (AvgIpc) is 2.26. The summed E-state index contributed by atoms with van der Waals surface area (Å²) in [5.41, 5.74) is 0.0648. The molecule has 0 amide bonds. The van der Waals surface area contributed by atoms with E-state index in [-0.39, 0.29) is 23.6 Å². The molecule has 1 rings (SSSR count). The third-order valence-electron chi connectivity index (χ3n) is 1.72. The number of benzene rings is 1. The number of hydrogen-bond donors (Lipinski definition) is 0. The average molecular weight is 223 g/mol. The van der Waals surface area contributed by atoms with Crippen LogP contribution in [0.4, 0.5) is 5.69 Å². The van der Waals surface area contributed by atoms with Crippen LogP contribution in [0.25, 0.3) is 0 Å². The quantitative estimate of drug-likeness (QED) is 0.436. The zero-order chi connectivity index (χ0) is 12.1. The first-order valence-electron chi connectivity index (χ1n) is 4.41. The topological polar surface area (TPSA) is 86.5 Å². The molecule has 0 N–H and O–H groups in total. The van der Waals surface area contributed by atoms with Gasteiger partial charge >= 0.3 is 5.97 Å². The smallest absolute Gasteiger partial charge is 0.338 e. The van der Waals surface area contributed by atoms with Gasteiger partial charge in [0, 0.05) is 12.1 Å². The Labute approximate surface area is 91.0 Å². The van der Waals surface area contributed by atoms with Crippen LogP contribution in [0.5, 0.6) is 0 Å². The monoisotopic (exact) mass is 223 g/mol. The number of ketones is 1. The molecule has 0 spiro atoms. The summed E-state index contributed by atoms with van der Waals surface area (Å²) in [7, 11) is 0. The largest absolute Gasteiger partial charge is 0.454 e. The molecule has 0 radical (unpaired) electrons. The molecule has 0 saturated carbocycles. The Morgan fingerprint density at radius 2 is 1.88 bits per heavy atom. The maximum atomic E-state index is 11.3. The number of Topliss-reactive ketones (excluding diaryl/α,β-unsaturated/α-hetero) is 1. The molecule has 0 aliphatic heterocycles. The predicted molar refractivity (Wildman–Crippen MR) is 54.1 cm³/mol. The van der Waals surface area contributed by atoms with Crippen molar-refractivity contribution >= 4 is 17.4 Å². The Kier molecular flexibility index (Phi) is 3.71. The van der Waals surface area contributed by atoms with Crippen LogP contribution >= 0.6 is 0 Å². The molecule has 0 fully saturated rings. The van der Waals surface area contributed by atoms with E-state index in [1.165, 1.54) is 31.2 Å². The number of non-ortho nitro benzene ring substituents is 1. The van der Waals surface area contributed by atoms with E-state index in [1.807, 2.05) is 0 Å². The maximum Gasteiger partial charge on any atom is 0.338 e. The highest BCUT2D eigenvalue weighted by molar-refractivity contribution is 5.91. The Hall–Kier alpha value is -2.24. The molecule has 0 aliphatic rings. The fourth-order valence-electron chi connectivity index (χ4n) is 0.970. The van der Waals surface area contributed by atoms with Gasteiger partial charge in [-0.25, -0.2) is 4.79 Å². The number of ether oxygens (including phenoxy) is 1. The number of nitro groups is 1. The summed E-state index contributed by atoms with van der Waals surface area (Å²) >= 11 is 0. The first kappa shape index (κ1) is 11.8. The molecule has 16 heavy (non-hydrogen) atoms. The lowest BCUT2D eigenvalue weighted by molar-refractivity contribution is -0.384. The van der Waals surface area contributed by atoms with Crippen molar-refractivity contribution in [2.75, 3.05) is 6.61 Å². The molecule has 0 unspecified atom stereocenters. The molecule has 0 heterocycles. The minimum Gasteiger partial charge on any atom is -0.454 e. The number of nitro benzene ring substituents is 1. The van der Waals surface area contributed by atoms with Crippen LogP contribution in [0.15, 0.2) is 24.3 Å². The molecule has 0 aliphatic carbocycles. The number of hydrogen-bond acceptors (Lipinski definition) is 5. The second-order valence-corrected chi connectivity index (χ2v) is 3.08. The molecule has 6 nitrogen and oxygen atoms in total. The third kappa shape index (κ3) is 3.16. The molecule has 1 aromatic carbocycles. The van der Waals surface area contributed by atoms with E-state index < -0.39 is 10.9 Å².